The highest BCUT2D eigenvalue weighted by atomic mass is 19.2. The van der Waals surface area contributed by atoms with Gasteiger partial charge in [0.2, 0.25) is 0 Å². The van der Waals surface area contributed by atoms with Gasteiger partial charge < -0.3 is 0 Å². The molecule has 0 bridgehead atoms. The van der Waals surface area contributed by atoms with Gasteiger partial charge in [-0.2, -0.15) is 0 Å². The van der Waals surface area contributed by atoms with Crippen LogP contribution in [0, 0.1) is 6.92 Å². The molecule has 0 fully saturated rings. The number of hydrogen-bond donors (Lipinski definition) is 0. The zero-order chi connectivity index (χ0) is 5.86. The van der Waals surface area contributed by atoms with Gasteiger partial charge in [-0.25, -0.2) is 8.78 Å². The molecule has 0 aromatic heterocycles. The van der Waals surface area contributed by atoms with Crippen LogP contribution in [0.25, 0.3) is 0 Å². The van der Waals surface area contributed by atoms with Gasteiger partial charge in [-0.15, -0.1) is 0 Å². The molecule has 0 rings (SSSR count). The molecule has 0 aliphatic carbocycles. The smallest absolute Gasteiger partial charge is 0.131 e. The average molecular weight is 105 g/mol. The van der Waals surface area contributed by atoms with Gasteiger partial charge >= 0.3 is 0 Å². The first-order valence-electron chi connectivity index (χ1n) is 1.98. The van der Waals surface area contributed by atoms with Crippen LogP contribution in [-0.4, -0.2) is 0 Å². The molecule has 0 aromatic rings. The summed E-state index contributed by atoms with van der Waals surface area (Å²) in [7, 11) is 0. The van der Waals surface area contributed by atoms with Crippen molar-refractivity contribution in [2.24, 2.45) is 0 Å². The van der Waals surface area contributed by atoms with Gasteiger partial charge in [-0.3, -0.25) is 0 Å². The maximum absolute atomic E-state index is 11.7. The van der Waals surface area contributed by atoms with Crippen molar-refractivity contribution in [2.75, 3.05) is 0 Å². The Labute approximate surface area is 41.8 Å². The SMILES string of the molecule is [CH2]CC(F)=C(C)F. The topological polar surface area (TPSA) is 0 Å². The third-order valence-electron chi connectivity index (χ3n) is 0.593. The second kappa shape index (κ2) is 2.72. The zero-order valence-corrected chi connectivity index (χ0v) is 4.17. The van der Waals surface area contributed by atoms with Crippen LogP contribution in [0.3, 0.4) is 0 Å². The number of rotatable bonds is 1. The standard InChI is InChI=1S/C5H7F2/c1-3-5(7)4(2)6/h1,3H2,2H3. The van der Waals surface area contributed by atoms with Crippen molar-refractivity contribution in [3.63, 3.8) is 0 Å². The molecule has 0 N–H and O–H groups in total. The van der Waals surface area contributed by atoms with Crippen molar-refractivity contribution in [3.8, 4) is 0 Å². The van der Waals surface area contributed by atoms with Gasteiger partial charge in [0.1, 0.15) is 11.7 Å². The van der Waals surface area contributed by atoms with Crippen LogP contribution in [0.1, 0.15) is 13.3 Å². The summed E-state index contributed by atoms with van der Waals surface area (Å²) in [6, 6.07) is 0. The molecule has 0 aliphatic heterocycles. The molecular weight excluding hydrogens is 98.1 g/mol. The second-order valence-corrected chi connectivity index (χ2v) is 1.19. The lowest BCUT2D eigenvalue weighted by Gasteiger charge is -1.85. The minimum absolute atomic E-state index is 0.0949. The van der Waals surface area contributed by atoms with E-state index in [1.807, 2.05) is 0 Å². The Kier molecular flexibility index (Phi) is 2.56. The fraction of sp³-hybridized carbons (Fsp3) is 0.400. The zero-order valence-electron chi connectivity index (χ0n) is 4.17. The number of halogens is 2. The molecule has 0 saturated carbocycles. The summed E-state index contributed by atoms with van der Waals surface area (Å²) in [6.07, 6.45) is -0.0949. The Hall–Kier alpha value is -0.400. The van der Waals surface area contributed by atoms with E-state index in [0.29, 0.717) is 0 Å². The Bertz CT molecular complexity index is 80.1. The molecule has 0 aromatic carbocycles. The Balaban J connectivity index is 3.72. The van der Waals surface area contributed by atoms with E-state index in [1.165, 1.54) is 0 Å². The van der Waals surface area contributed by atoms with E-state index in [1.54, 1.807) is 0 Å². The normalized spacial score (nSPS) is 13.7. The molecule has 0 atom stereocenters. The minimum atomic E-state index is -0.769. The van der Waals surface area contributed by atoms with Crippen LogP contribution in [0.5, 0.6) is 0 Å². The van der Waals surface area contributed by atoms with E-state index in [9.17, 15) is 8.78 Å². The number of hydrogen-bond acceptors (Lipinski definition) is 0. The molecule has 0 amide bonds. The maximum Gasteiger partial charge on any atom is 0.131 e. The highest BCUT2D eigenvalue weighted by Crippen LogP contribution is 2.08. The van der Waals surface area contributed by atoms with Crippen molar-refractivity contribution < 1.29 is 8.78 Å². The lowest BCUT2D eigenvalue weighted by atomic mass is 10.4. The predicted molar refractivity (Wildman–Crippen MR) is 24.9 cm³/mol. The van der Waals surface area contributed by atoms with Gasteiger partial charge in [0.05, 0.1) is 0 Å². The molecule has 0 aliphatic rings. The van der Waals surface area contributed by atoms with Crippen molar-refractivity contribution >= 4 is 0 Å². The van der Waals surface area contributed by atoms with E-state index in [4.69, 9.17) is 0 Å². The average Bonchev–Trinajstić information content (AvgIpc) is 1.65. The first-order chi connectivity index (χ1) is 3.18. The van der Waals surface area contributed by atoms with Gasteiger partial charge in [0, 0.05) is 6.42 Å². The maximum atomic E-state index is 11.7. The van der Waals surface area contributed by atoms with Gasteiger partial charge in [-0.1, -0.05) is 0 Å². The fourth-order valence-corrected chi connectivity index (χ4v) is 0.172. The lowest BCUT2D eigenvalue weighted by Crippen LogP contribution is -1.70. The Morgan fingerprint density at radius 2 is 2.00 bits per heavy atom. The van der Waals surface area contributed by atoms with Crippen LogP contribution in [-0.2, 0) is 0 Å². The minimum Gasteiger partial charge on any atom is -0.209 e. The van der Waals surface area contributed by atoms with Crippen molar-refractivity contribution in [2.45, 2.75) is 13.3 Å². The summed E-state index contributed by atoms with van der Waals surface area (Å²) in [5.74, 6) is -1.53. The van der Waals surface area contributed by atoms with E-state index in [0.717, 1.165) is 6.92 Å². The Morgan fingerprint density at radius 3 is 2.00 bits per heavy atom. The predicted octanol–water partition coefficient (Wildman–Crippen LogP) is 2.38. The van der Waals surface area contributed by atoms with E-state index < -0.39 is 11.7 Å². The van der Waals surface area contributed by atoms with E-state index in [2.05, 4.69) is 6.92 Å². The summed E-state index contributed by atoms with van der Waals surface area (Å²) in [5.41, 5.74) is 0. The summed E-state index contributed by atoms with van der Waals surface area (Å²) < 4.78 is 23.3. The molecule has 1 radical (unpaired) electrons. The van der Waals surface area contributed by atoms with Crippen LogP contribution in [0.4, 0.5) is 8.78 Å². The molecule has 0 heterocycles. The highest BCUT2D eigenvalue weighted by molar-refractivity contribution is 4.96. The summed E-state index contributed by atoms with van der Waals surface area (Å²) in [4.78, 5) is 0. The van der Waals surface area contributed by atoms with Gasteiger partial charge in [0.25, 0.3) is 0 Å². The molecule has 41 valence electrons. The van der Waals surface area contributed by atoms with Crippen molar-refractivity contribution in [3.05, 3.63) is 18.6 Å². The van der Waals surface area contributed by atoms with E-state index >= 15 is 0 Å². The lowest BCUT2D eigenvalue weighted by molar-refractivity contribution is 0.525. The fourth-order valence-electron chi connectivity index (χ4n) is 0.172. The van der Waals surface area contributed by atoms with Gasteiger partial charge in [-0.05, 0) is 13.8 Å². The van der Waals surface area contributed by atoms with Gasteiger partial charge in [0.15, 0.2) is 0 Å². The second-order valence-electron chi connectivity index (χ2n) is 1.19. The largest absolute Gasteiger partial charge is 0.209 e. The third-order valence-corrected chi connectivity index (χ3v) is 0.593. The molecule has 0 unspecified atom stereocenters. The van der Waals surface area contributed by atoms with E-state index in [-0.39, 0.29) is 6.42 Å². The summed E-state index contributed by atoms with van der Waals surface area (Å²) in [6.45, 7) is 4.20. The first-order valence-corrected chi connectivity index (χ1v) is 1.98. The van der Waals surface area contributed by atoms with Crippen LogP contribution < -0.4 is 0 Å². The summed E-state index contributed by atoms with van der Waals surface area (Å²) in [5, 5.41) is 0. The molecule has 0 saturated heterocycles. The monoisotopic (exact) mass is 105 g/mol. The molecule has 7 heavy (non-hydrogen) atoms. The first kappa shape index (κ1) is 6.60. The van der Waals surface area contributed by atoms with Crippen molar-refractivity contribution in [1.29, 1.82) is 0 Å². The third kappa shape index (κ3) is 2.31. The van der Waals surface area contributed by atoms with Crippen LogP contribution in [0.15, 0.2) is 11.7 Å². The Morgan fingerprint density at radius 1 is 1.57 bits per heavy atom. The van der Waals surface area contributed by atoms with Crippen molar-refractivity contribution in [1.82, 2.24) is 0 Å². The molecule has 0 spiro atoms. The van der Waals surface area contributed by atoms with Crippen LogP contribution in [0.2, 0.25) is 0 Å². The molecular formula is C5H7F2. The highest BCUT2D eigenvalue weighted by Gasteiger charge is 1.93. The quantitative estimate of drug-likeness (QED) is 0.480. The molecule has 0 nitrogen and oxygen atoms in total. The summed E-state index contributed by atoms with van der Waals surface area (Å²) >= 11 is 0. The van der Waals surface area contributed by atoms with Crippen LogP contribution >= 0.6 is 0 Å². The number of allylic oxidation sites excluding steroid dienone is 2. The molecule has 2 heteroatoms.